The first kappa shape index (κ1) is 19.9. The number of hydrogen-bond acceptors (Lipinski definition) is 5. The van der Waals surface area contributed by atoms with Gasteiger partial charge >= 0.3 is 0 Å². The third-order valence-electron chi connectivity index (χ3n) is 4.42. The zero-order valence-corrected chi connectivity index (χ0v) is 16.7. The summed E-state index contributed by atoms with van der Waals surface area (Å²) in [6.07, 6.45) is -0.177. The molecule has 1 unspecified atom stereocenters. The van der Waals surface area contributed by atoms with Gasteiger partial charge in [-0.25, -0.2) is 8.42 Å². The van der Waals surface area contributed by atoms with Crippen molar-refractivity contribution in [2.75, 3.05) is 17.2 Å². The van der Waals surface area contributed by atoms with E-state index in [1.54, 1.807) is 0 Å². The lowest BCUT2D eigenvalue weighted by molar-refractivity contribution is -0.118. The Morgan fingerprint density at radius 1 is 1.18 bits per heavy atom. The predicted molar refractivity (Wildman–Crippen MR) is 106 cm³/mol. The molecule has 148 valence electrons. The number of benzene rings is 2. The Balaban J connectivity index is 1.73. The van der Waals surface area contributed by atoms with Gasteiger partial charge in [-0.15, -0.1) is 0 Å². The fourth-order valence-electron chi connectivity index (χ4n) is 3.09. The first-order chi connectivity index (χ1) is 13.1. The van der Waals surface area contributed by atoms with Gasteiger partial charge in [-0.1, -0.05) is 6.07 Å². The van der Waals surface area contributed by atoms with E-state index in [0.29, 0.717) is 17.1 Å². The third kappa shape index (κ3) is 4.33. The summed E-state index contributed by atoms with van der Waals surface area (Å²) >= 11 is 0. The summed E-state index contributed by atoms with van der Waals surface area (Å²) in [6, 6.07) is 9.92. The van der Waals surface area contributed by atoms with E-state index in [4.69, 9.17) is 4.74 Å². The van der Waals surface area contributed by atoms with Gasteiger partial charge in [-0.3, -0.25) is 9.59 Å². The second kappa shape index (κ2) is 7.63. The molecule has 0 aliphatic carbocycles. The van der Waals surface area contributed by atoms with Crippen LogP contribution in [0.2, 0.25) is 0 Å². The van der Waals surface area contributed by atoms with Crippen LogP contribution >= 0.6 is 0 Å². The highest BCUT2D eigenvalue weighted by Crippen LogP contribution is 2.32. The summed E-state index contributed by atoms with van der Waals surface area (Å²) in [4.78, 5) is 23.7. The molecule has 0 fully saturated rings. The average Bonchev–Trinajstić information content (AvgIpc) is 2.60. The number of fused-ring (bicyclic) bond motifs is 1. The van der Waals surface area contributed by atoms with Gasteiger partial charge in [0.2, 0.25) is 5.91 Å². The minimum absolute atomic E-state index is 0.0501. The molecule has 1 atom stereocenters. The van der Waals surface area contributed by atoms with E-state index in [1.807, 2.05) is 32.0 Å². The van der Waals surface area contributed by atoms with Crippen molar-refractivity contribution in [3.63, 3.8) is 0 Å². The van der Waals surface area contributed by atoms with E-state index in [0.717, 1.165) is 11.1 Å². The fraction of sp³-hybridized carbons (Fsp3) is 0.300. The van der Waals surface area contributed by atoms with E-state index >= 15 is 0 Å². The molecule has 0 bridgehead atoms. The summed E-state index contributed by atoms with van der Waals surface area (Å²) in [5.74, 6) is -0.366. The second-order valence-electron chi connectivity index (χ2n) is 6.98. The molecule has 2 aromatic rings. The lowest BCUT2D eigenvalue weighted by atomic mass is 10.1. The predicted octanol–water partition coefficient (Wildman–Crippen LogP) is 2.83. The minimum atomic E-state index is -3.74. The molecule has 8 heteroatoms. The Kier molecular flexibility index (Phi) is 5.42. The number of amides is 2. The van der Waals surface area contributed by atoms with Crippen molar-refractivity contribution in [2.45, 2.75) is 37.3 Å². The molecule has 1 heterocycles. The zero-order chi connectivity index (χ0) is 20.5. The Hall–Kier alpha value is -2.87. The van der Waals surface area contributed by atoms with Crippen LogP contribution in [0.4, 0.5) is 11.4 Å². The van der Waals surface area contributed by atoms with Gasteiger partial charge in [0.15, 0.2) is 16.4 Å². The molecule has 0 radical (unpaired) electrons. The number of sulfone groups is 1. The van der Waals surface area contributed by atoms with Crippen LogP contribution in [-0.2, 0) is 19.4 Å². The Labute approximate surface area is 164 Å². The molecule has 0 aromatic heterocycles. The van der Waals surface area contributed by atoms with Gasteiger partial charge < -0.3 is 15.4 Å². The number of carbonyl (C=O) groups excluding carboxylic acids is 2. The summed E-state index contributed by atoms with van der Waals surface area (Å²) < 4.78 is 31.0. The molecule has 3 rings (SSSR count). The summed E-state index contributed by atoms with van der Waals surface area (Å²) in [7, 11) is -3.74. The summed E-state index contributed by atoms with van der Waals surface area (Å²) in [6.45, 7) is 5.19. The molecule has 0 saturated heterocycles. The maximum Gasteiger partial charge on any atom is 0.262 e. The van der Waals surface area contributed by atoms with E-state index in [-0.39, 0.29) is 29.7 Å². The number of carbonyl (C=O) groups is 2. The maximum absolute atomic E-state index is 12.9. The standard InChI is InChI=1S/C20H22N2O5S/c1-12-6-13(2)8-15(7-12)21-19(23)9-14(3)28(25,26)16-4-5-17-18(10-16)27-11-20(24)22-17/h4-8,10,14H,9,11H2,1-3H3,(H,21,23)(H,22,24). The maximum atomic E-state index is 12.9. The average molecular weight is 402 g/mol. The molecule has 28 heavy (non-hydrogen) atoms. The lowest BCUT2D eigenvalue weighted by Crippen LogP contribution is -2.27. The molecule has 1 aliphatic rings. The van der Waals surface area contributed by atoms with Crippen molar-refractivity contribution in [3.8, 4) is 5.75 Å². The van der Waals surface area contributed by atoms with E-state index in [9.17, 15) is 18.0 Å². The van der Waals surface area contributed by atoms with E-state index in [2.05, 4.69) is 10.6 Å². The SMILES string of the molecule is Cc1cc(C)cc(NC(=O)CC(C)S(=O)(=O)c2ccc3c(c2)OCC(=O)N3)c1. The molecule has 2 aromatic carbocycles. The van der Waals surface area contributed by atoms with Gasteiger partial charge in [-0.2, -0.15) is 0 Å². The Morgan fingerprint density at radius 2 is 1.86 bits per heavy atom. The zero-order valence-electron chi connectivity index (χ0n) is 15.9. The third-order valence-corrected chi connectivity index (χ3v) is 6.56. The van der Waals surface area contributed by atoms with Gasteiger partial charge in [0, 0.05) is 18.2 Å². The normalized spacial score (nSPS) is 14.5. The van der Waals surface area contributed by atoms with Crippen molar-refractivity contribution >= 4 is 33.0 Å². The number of hydrogen-bond donors (Lipinski definition) is 2. The van der Waals surface area contributed by atoms with Crippen LogP contribution in [-0.4, -0.2) is 32.1 Å². The monoisotopic (exact) mass is 402 g/mol. The van der Waals surface area contributed by atoms with Crippen LogP contribution in [0.5, 0.6) is 5.75 Å². The quantitative estimate of drug-likeness (QED) is 0.801. The topological polar surface area (TPSA) is 102 Å². The van der Waals surface area contributed by atoms with Crippen molar-refractivity contribution in [2.24, 2.45) is 0 Å². The van der Waals surface area contributed by atoms with Gasteiger partial charge in [0.25, 0.3) is 5.91 Å². The first-order valence-electron chi connectivity index (χ1n) is 8.84. The minimum Gasteiger partial charge on any atom is -0.482 e. The highest BCUT2D eigenvalue weighted by molar-refractivity contribution is 7.92. The molecule has 0 spiro atoms. The second-order valence-corrected chi connectivity index (χ2v) is 9.35. The number of nitrogens with one attached hydrogen (secondary N) is 2. The number of rotatable bonds is 5. The Morgan fingerprint density at radius 3 is 2.54 bits per heavy atom. The molecule has 1 aliphatic heterocycles. The Bertz CT molecular complexity index is 1030. The highest BCUT2D eigenvalue weighted by Gasteiger charge is 2.28. The van der Waals surface area contributed by atoms with Crippen LogP contribution in [0.1, 0.15) is 24.5 Å². The molecular formula is C20H22N2O5S. The number of anilines is 2. The van der Waals surface area contributed by atoms with E-state index in [1.165, 1.54) is 25.1 Å². The van der Waals surface area contributed by atoms with E-state index < -0.39 is 15.1 Å². The van der Waals surface area contributed by atoms with Crippen molar-refractivity contribution in [3.05, 3.63) is 47.5 Å². The molecule has 0 saturated carbocycles. The molecule has 2 amide bonds. The van der Waals surface area contributed by atoms with Gasteiger partial charge in [0.05, 0.1) is 15.8 Å². The first-order valence-corrected chi connectivity index (χ1v) is 10.4. The number of ether oxygens (including phenoxy) is 1. The van der Waals surface area contributed by atoms with Crippen molar-refractivity contribution in [1.82, 2.24) is 0 Å². The molecule has 7 nitrogen and oxygen atoms in total. The van der Waals surface area contributed by atoms with Crippen LogP contribution in [0.15, 0.2) is 41.3 Å². The van der Waals surface area contributed by atoms with Crippen molar-refractivity contribution < 1.29 is 22.7 Å². The van der Waals surface area contributed by atoms with Crippen LogP contribution in [0.25, 0.3) is 0 Å². The highest BCUT2D eigenvalue weighted by atomic mass is 32.2. The summed E-state index contributed by atoms with van der Waals surface area (Å²) in [5.41, 5.74) is 3.09. The van der Waals surface area contributed by atoms with Crippen LogP contribution in [0, 0.1) is 13.8 Å². The van der Waals surface area contributed by atoms with Gasteiger partial charge in [0.1, 0.15) is 5.75 Å². The molecule has 2 N–H and O–H groups in total. The number of aryl methyl sites for hydroxylation is 2. The summed E-state index contributed by atoms with van der Waals surface area (Å²) in [5, 5.41) is 4.45. The van der Waals surface area contributed by atoms with Crippen LogP contribution in [0.3, 0.4) is 0 Å². The lowest BCUT2D eigenvalue weighted by Gasteiger charge is -2.19. The largest absolute Gasteiger partial charge is 0.482 e. The smallest absolute Gasteiger partial charge is 0.262 e. The van der Waals surface area contributed by atoms with Crippen LogP contribution < -0.4 is 15.4 Å². The van der Waals surface area contributed by atoms with Crippen molar-refractivity contribution in [1.29, 1.82) is 0 Å². The molecular weight excluding hydrogens is 380 g/mol. The van der Waals surface area contributed by atoms with Gasteiger partial charge in [-0.05, 0) is 56.2 Å². The fourth-order valence-corrected chi connectivity index (χ4v) is 4.46.